The Kier molecular flexibility index (Phi) is 45.8. The van der Waals surface area contributed by atoms with E-state index in [1.54, 1.807) is 0 Å². The summed E-state index contributed by atoms with van der Waals surface area (Å²) in [6, 6.07) is 0. The molecule has 0 aliphatic rings. The van der Waals surface area contributed by atoms with Crippen molar-refractivity contribution in [3.8, 4) is 0 Å². The molecule has 0 saturated carbocycles. The van der Waals surface area contributed by atoms with E-state index in [1.807, 2.05) is 0 Å². The van der Waals surface area contributed by atoms with Crippen LogP contribution >= 0.6 is 0 Å². The zero-order chi connectivity index (χ0) is 31.8. The van der Waals surface area contributed by atoms with Crippen LogP contribution in [-0.2, 0) is 19.1 Å². The van der Waals surface area contributed by atoms with Gasteiger partial charge in [0.15, 0.2) is 0 Å². The van der Waals surface area contributed by atoms with Gasteiger partial charge in [0.1, 0.15) is 0 Å². The Balaban J connectivity index is -0.000000629. The first-order valence-corrected chi connectivity index (χ1v) is 17.3. The predicted octanol–water partition coefficient (Wildman–Crippen LogP) is 12.2. The third-order valence-electron chi connectivity index (χ3n) is 6.55. The fourth-order valence-corrected chi connectivity index (χ4v) is 3.85. The van der Waals surface area contributed by atoms with Crippen molar-refractivity contribution < 1.29 is 19.1 Å². The second kappa shape index (κ2) is 43.4. The third kappa shape index (κ3) is 54.0. The van der Waals surface area contributed by atoms with Gasteiger partial charge in [-0.25, -0.2) is 0 Å². The highest BCUT2D eigenvalue weighted by Crippen LogP contribution is 2.09. The molecule has 4 heteroatoms. The number of unbranched alkanes of at least 4 members (excludes halogenated alkanes) is 17. The third-order valence-corrected chi connectivity index (χ3v) is 6.55. The van der Waals surface area contributed by atoms with Crippen LogP contribution < -0.4 is 0 Å². The van der Waals surface area contributed by atoms with E-state index in [0.29, 0.717) is 6.61 Å². The van der Waals surface area contributed by atoms with Crippen molar-refractivity contribution in [2.75, 3.05) is 13.7 Å². The van der Waals surface area contributed by atoms with Gasteiger partial charge >= 0.3 is 11.9 Å². The summed E-state index contributed by atoms with van der Waals surface area (Å²) in [6.07, 6.45) is 45.1. The van der Waals surface area contributed by atoms with Crippen LogP contribution in [0.5, 0.6) is 0 Å². The Bertz CT molecular complexity index is 645. The zero-order valence-corrected chi connectivity index (χ0v) is 28.8. The lowest BCUT2D eigenvalue weighted by Gasteiger charge is -2.01. The summed E-state index contributed by atoms with van der Waals surface area (Å²) < 4.78 is 9.01. The first kappa shape index (κ1) is 44.3. The van der Waals surface area contributed by atoms with E-state index in [4.69, 9.17) is 4.74 Å². The van der Waals surface area contributed by atoms with Gasteiger partial charge in [0.05, 0.1) is 13.7 Å². The van der Waals surface area contributed by atoms with E-state index in [-0.39, 0.29) is 11.9 Å². The largest absolute Gasteiger partial charge is 0.469 e. The van der Waals surface area contributed by atoms with Gasteiger partial charge in [-0.2, -0.15) is 0 Å². The average Bonchev–Trinajstić information content (AvgIpc) is 2.98. The Labute approximate surface area is 262 Å². The highest BCUT2D eigenvalue weighted by atomic mass is 16.5. The Hall–Kier alpha value is -2.10. The molecule has 0 fully saturated rings. The minimum atomic E-state index is -0.245. The molecule has 42 heavy (non-hydrogen) atoms. The highest BCUT2D eigenvalue weighted by Gasteiger charge is 1.94. The number of rotatable bonds is 25. The van der Waals surface area contributed by atoms with Gasteiger partial charge in [-0.15, -0.1) is 0 Å². The van der Waals surface area contributed by atoms with Gasteiger partial charge < -0.3 is 9.47 Å². The summed E-state index contributed by atoms with van der Waals surface area (Å²) in [5, 5.41) is 0. The fourth-order valence-electron chi connectivity index (χ4n) is 3.85. The van der Waals surface area contributed by atoms with Crippen molar-refractivity contribution in [3.63, 3.8) is 0 Å². The molecule has 0 aromatic heterocycles. The Morgan fingerprint density at radius 2 is 0.762 bits per heavy atom. The van der Waals surface area contributed by atoms with Crippen molar-refractivity contribution in [1.29, 1.82) is 0 Å². The molecule has 0 N–H and O–H groups in total. The average molecular weight is 591 g/mol. The van der Waals surface area contributed by atoms with Gasteiger partial charge in [0.2, 0.25) is 0 Å². The molecule has 0 saturated heterocycles. The summed E-state index contributed by atoms with van der Waals surface area (Å²) in [7, 11) is 1.35. The Morgan fingerprint density at radius 3 is 1.10 bits per heavy atom. The molecule has 0 rings (SSSR count). The number of methoxy groups -OCH3 is 1. The van der Waals surface area contributed by atoms with Crippen molar-refractivity contribution in [2.24, 2.45) is 0 Å². The van der Waals surface area contributed by atoms with Crippen molar-refractivity contribution in [2.45, 2.75) is 169 Å². The molecular weight excluding hydrogens is 520 g/mol. The molecule has 0 atom stereocenters. The van der Waals surface area contributed by atoms with Gasteiger partial charge in [0.25, 0.3) is 0 Å². The molecule has 0 aromatic rings. The highest BCUT2D eigenvalue weighted by molar-refractivity contribution is 5.66. The van der Waals surface area contributed by atoms with E-state index in [9.17, 15) is 9.59 Å². The molecule has 0 heterocycles. The molecule has 0 bridgehead atoms. The van der Waals surface area contributed by atoms with Crippen molar-refractivity contribution in [1.82, 2.24) is 0 Å². The quantitative estimate of drug-likeness (QED) is 0.0603. The topological polar surface area (TPSA) is 52.6 Å². The van der Waals surface area contributed by atoms with Gasteiger partial charge in [0, 0.05) is 13.8 Å². The zero-order valence-electron chi connectivity index (χ0n) is 28.8. The molecule has 246 valence electrons. The molecule has 4 nitrogen and oxygen atoms in total. The lowest BCUT2D eigenvalue weighted by atomic mass is 10.1. The van der Waals surface area contributed by atoms with E-state index < -0.39 is 0 Å². The first-order chi connectivity index (χ1) is 20.5. The Morgan fingerprint density at radius 1 is 0.452 bits per heavy atom. The number of ether oxygens (including phenoxy) is 2. The van der Waals surface area contributed by atoms with Crippen molar-refractivity contribution >= 4 is 11.9 Å². The number of carbonyl (C=O) groups excluding carboxylic acids is 2. The monoisotopic (exact) mass is 591 g/mol. The van der Waals surface area contributed by atoms with Crippen LogP contribution in [0, 0.1) is 0 Å². The summed E-state index contributed by atoms with van der Waals surface area (Å²) in [4.78, 5) is 20.1. The van der Waals surface area contributed by atoms with Crippen LogP contribution in [0.4, 0.5) is 0 Å². The maximum atomic E-state index is 10.5. The molecule has 0 radical (unpaired) electrons. The smallest absolute Gasteiger partial charge is 0.302 e. The molecular formula is C38H70O4. The maximum Gasteiger partial charge on any atom is 0.302 e. The summed E-state index contributed by atoms with van der Waals surface area (Å²) in [5.41, 5.74) is 0. The number of hydrogen-bond acceptors (Lipinski definition) is 4. The molecule has 0 aliphatic carbocycles. The number of esters is 2. The van der Waals surface area contributed by atoms with E-state index in [2.05, 4.69) is 74.1 Å². The minimum Gasteiger partial charge on any atom is -0.469 e. The lowest BCUT2D eigenvalue weighted by molar-refractivity contribution is -0.141. The van der Waals surface area contributed by atoms with Crippen LogP contribution in [0.1, 0.15) is 169 Å². The molecule has 0 unspecified atom stereocenters. The molecule has 0 aliphatic heterocycles. The molecule has 0 amide bonds. The SMILES string of the molecule is CCCC/C=C\C=C\CCCCCCCCC.CCCC/C=C\C=C\CCCCCCCCOC(C)=O.COC(C)=O. The second-order valence-corrected chi connectivity index (χ2v) is 10.9. The first-order valence-electron chi connectivity index (χ1n) is 17.3. The predicted molar refractivity (Wildman–Crippen MR) is 185 cm³/mol. The summed E-state index contributed by atoms with van der Waals surface area (Å²) >= 11 is 0. The second-order valence-electron chi connectivity index (χ2n) is 10.9. The summed E-state index contributed by atoms with van der Waals surface area (Å²) in [5.74, 6) is -0.412. The van der Waals surface area contributed by atoms with Gasteiger partial charge in [-0.3, -0.25) is 9.59 Å². The summed E-state index contributed by atoms with van der Waals surface area (Å²) in [6.45, 7) is 10.2. The fraction of sp³-hybridized carbons (Fsp3) is 0.737. The normalized spacial score (nSPS) is 11.1. The number of hydrogen-bond donors (Lipinski definition) is 0. The maximum absolute atomic E-state index is 10.5. The lowest BCUT2D eigenvalue weighted by Crippen LogP contribution is -1.99. The van der Waals surface area contributed by atoms with E-state index >= 15 is 0 Å². The van der Waals surface area contributed by atoms with Crippen molar-refractivity contribution in [3.05, 3.63) is 48.6 Å². The van der Waals surface area contributed by atoms with Crippen LogP contribution in [0.2, 0.25) is 0 Å². The standard InChI is InChI=1S/C18H32O2.C17H32.C3H6O2/c1-3-4-5-6-7-8-9-10-11-12-13-14-15-16-17-20-18(2)19;1-3-5-7-9-11-13-15-17-16-14-12-10-8-6-4-2;1-3(4)5-2/h6-9H,3-5,10-17H2,1-2H3;9,11,13,15H,3-8,10,12,14,16-17H2,1-2H3;1-2H3/b7-6-,9-8+;11-9-,15-13+;. The van der Waals surface area contributed by atoms with E-state index in [0.717, 1.165) is 6.42 Å². The van der Waals surface area contributed by atoms with Crippen LogP contribution in [-0.4, -0.2) is 25.7 Å². The molecule has 0 aromatic carbocycles. The number of carbonyl (C=O) groups is 2. The van der Waals surface area contributed by atoms with Crippen LogP contribution in [0.25, 0.3) is 0 Å². The molecule has 0 spiro atoms. The number of allylic oxidation sites excluding steroid dienone is 8. The van der Waals surface area contributed by atoms with Gasteiger partial charge in [-0.05, 0) is 44.9 Å². The van der Waals surface area contributed by atoms with E-state index in [1.165, 1.54) is 149 Å². The van der Waals surface area contributed by atoms with Crippen LogP contribution in [0.3, 0.4) is 0 Å². The van der Waals surface area contributed by atoms with Gasteiger partial charge in [-0.1, -0.05) is 159 Å². The minimum absolute atomic E-state index is 0.166. The van der Waals surface area contributed by atoms with Crippen LogP contribution in [0.15, 0.2) is 48.6 Å².